The lowest BCUT2D eigenvalue weighted by atomic mass is 10.1. The summed E-state index contributed by atoms with van der Waals surface area (Å²) < 4.78 is 0. The largest absolute Gasteiger partial charge is 0.373 e. The molecule has 0 bridgehead atoms. The smallest absolute Gasteiger partial charge is 0.154 e. The van der Waals surface area contributed by atoms with Crippen molar-refractivity contribution in [3.63, 3.8) is 0 Å². The first kappa shape index (κ1) is 13.4. The highest BCUT2D eigenvalue weighted by Gasteiger charge is 2.12. The molecule has 1 aromatic rings. The van der Waals surface area contributed by atoms with Gasteiger partial charge in [0.25, 0.3) is 0 Å². The number of nitrogens with zero attached hydrogens (tertiary/aromatic N) is 2. The van der Waals surface area contributed by atoms with Crippen LogP contribution in [0.3, 0.4) is 0 Å². The van der Waals surface area contributed by atoms with Gasteiger partial charge in [0.2, 0.25) is 0 Å². The SMILES string of the molecule is Cc1cc(NCCC2CCC=C(Cl)N2)nnc1Cl. The molecule has 1 atom stereocenters. The number of nitrogens with one attached hydrogen (secondary N) is 2. The van der Waals surface area contributed by atoms with Crippen molar-refractivity contribution in [1.29, 1.82) is 0 Å². The molecule has 0 aromatic carbocycles. The first-order valence-electron chi connectivity index (χ1n) is 6.01. The molecule has 0 radical (unpaired) electrons. The predicted molar refractivity (Wildman–Crippen MR) is 75.0 cm³/mol. The van der Waals surface area contributed by atoms with Gasteiger partial charge >= 0.3 is 0 Å². The number of aryl methyl sites for hydroxylation is 1. The highest BCUT2D eigenvalue weighted by Crippen LogP contribution is 2.16. The number of rotatable bonds is 4. The molecule has 2 heterocycles. The Balaban J connectivity index is 1.78. The van der Waals surface area contributed by atoms with Crippen LogP contribution < -0.4 is 10.6 Å². The van der Waals surface area contributed by atoms with Crippen LogP contribution in [0.5, 0.6) is 0 Å². The molecule has 0 aliphatic carbocycles. The number of hydrogen-bond donors (Lipinski definition) is 2. The van der Waals surface area contributed by atoms with E-state index in [9.17, 15) is 0 Å². The number of halogens is 2. The Morgan fingerprint density at radius 3 is 3.00 bits per heavy atom. The van der Waals surface area contributed by atoms with E-state index in [1.54, 1.807) is 0 Å². The first-order valence-corrected chi connectivity index (χ1v) is 6.76. The highest BCUT2D eigenvalue weighted by atomic mass is 35.5. The third-order valence-corrected chi connectivity index (χ3v) is 3.54. The van der Waals surface area contributed by atoms with Crippen LogP contribution >= 0.6 is 23.2 Å². The van der Waals surface area contributed by atoms with E-state index >= 15 is 0 Å². The van der Waals surface area contributed by atoms with Gasteiger partial charge in [0.05, 0.1) is 5.16 Å². The predicted octanol–water partition coefficient (Wildman–Crippen LogP) is 3.07. The maximum atomic E-state index is 5.94. The number of hydrogen-bond acceptors (Lipinski definition) is 4. The molecule has 98 valence electrons. The minimum Gasteiger partial charge on any atom is -0.373 e. The number of aromatic nitrogens is 2. The minimum absolute atomic E-state index is 0.427. The van der Waals surface area contributed by atoms with Gasteiger partial charge in [-0.1, -0.05) is 23.2 Å². The Morgan fingerprint density at radius 1 is 1.44 bits per heavy atom. The maximum absolute atomic E-state index is 5.94. The standard InChI is InChI=1S/C12H16Cl2N4/c1-8-7-11(17-18-12(8)14)15-6-5-9-3-2-4-10(13)16-9/h4,7,9,16H,2-3,5-6H2,1H3,(H,15,17). The van der Waals surface area contributed by atoms with Crippen LogP contribution in [0, 0.1) is 6.92 Å². The zero-order chi connectivity index (χ0) is 13.0. The quantitative estimate of drug-likeness (QED) is 0.836. The van der Waals surface area contributed by atoms with Crippen LogP contribution in [0.25, 0.3) is 0 Å². The van der Waals surface area contributed by atoms with E-state index in [0.29, 0.717) is 11.2 Å². The zero-order valence-electron chi connectivity index (χ0n) is 10.2. The van der Waals surface area contributed by atoms with Crippen LogP contribution in [-0.2, 0) is 0 Å². The van der Waals surface area contributed by atoms with Gasteiger partial charge < -0.3 is 10.6 Å². The van der Waals surface area contributed by atoms with Crippen molar-refractivity contribution in [2.24, 2.45) is 0 Å². The second-order valence-corrected chi connectivity index (χ2v) is 5.15. The van der Waals surface area contributed by atoms with Crippen molar-refractivity contribution >= 4 is 29.0 Å². The molecule has 0 saturated heterocycles. The molecular formula is C12H16Cl2N4. The van der Waals surface area contributed by atoms with Gasteiger partial charge in [-0.3, -0.25) is 0 Å². The van der Waals surface area contributed by atoms with Gasteiger partial charge in [0.15, 0.2) is 5.15 Å². The molecule has 18 heavy (non-hydrogen) atoms. The normalized spacial score (nSPS) is 19.1. The Morgan fingerprint density at radius 2 is 2.28 bits per heavy atom. The fourth-order valence-corrected chi connectivity index (χ4v) is 2.24. The van der Waals surface area contributed by atoms with Crippen LogP contribution in [0.2, 0.25) is 5.15 Å². The van der Waals surface area contributed by atoms with Crippen molar-refractivity contribution in [3.05, 3.63) is 28.0 Å². The number of allylic oxidation sites excluding steroid dienone is 1. The molecule has 2 N–H and O–H groups in total. The fourth-order valence-electron chi connectivity index (χ4n) is 1.88. The van der Waals surface area contributed by atoms with E-state index in [-0.39, 0.29) is 0 Å². The molecule has 0 fully saturated rings. The van der Waals surface area contributed by atoms with Crippen molar-refractivity contribution in [1.82, 2.24) is 15.5 Å². The molecule has 2 rings (SSSR count). The molecule has 0 saturated carbocycles. The van der Waals surface area contributed by atoms with Gasteiger partial charge in [-0.2, -0.15) is 0 Å². The summed E-state index contributed by atoms with van der Waals surface area (Å²) in [5.41, 5.74) is 0.927. The van der Waals surface area contributed by atoms with E-state index in [1.165, 1.54) is 0 Å². The summed E-state index contributed by atoms with van der Waals surface area (Å²) in [6.07, 6.45) is 5.16. The lowest BCUT2D eigenvalue weighted by molar-refractivity contribution is 0.497. The summed E-state index contributed by atoms with van der Waals surface area (Å²) >= 11 is 11.8. The van der Waals surface area contributed by atoms with Crippen LogP contribution in [-0.4, -0.2) is 22.8 Å². The molecule has 4 nitrogen and oxygen atoms in total. The Kier molecular flexibility index (Phi) is 4.66. The average Bonchev–Trinajstić information content (AvgIpc) is 2.34. The van der Waals surface area contributed by atoms with Crippen molar-refractivity contribution in [2.45, 2.75) is 32.2 Å². The van der Waals surface area contributed by atoms with Gasteiger partial charge in [0.1, 0.15) is 5.82 Å². The second-order valence-electron chi connectivity index (χ2n) is 4.39. The van der Waals surface area contributed by atoms with Crippen molar-refractivity contribution in [2.75, 3.05) is 11.9 Å². The highest BCUT2D eigenvalue weighted by molar-refractivity contribution is 6.30. The Hall–Kier alpha value is -1.00. The van der Waals surface area contributed by atoms with Crippen LogP contribution in [0.4, 0.5) is 5.82 Å². The van der Waals surface area contributed by atoms with Gasteiger partial charge in [-0.05, 0) is 43.9 Å². The molecule has 1 aliphatic heterocycles. The van der Waals surface area contributed by atoms with E-state index in [2.05, 4.69) is 20.8 Å². The lowest BCUT2D eigenvalue weighted by Gasteiger charge is -2.22. The van der Waals surface area contributed by atoms with Gasteiger partial charge in [-0.25, -0.2) is 0 Å². The van der Waals surface area contributed by atoms with Gasteiger partial charge in [0, 0.05) is 12.6 Å². The summed E-state index contributed by atoms with van der Waals surface area (Å²) in [7, 11) is 0. The van der Waals surface area contributed by atoms with Gasteiger partial charge in [-0.15, -0.1) is 10.2 Å². The maximum Gasteiger partial charge on any atom is 0.154 e. The molecule has 1 unspecified atom stereocenters. The molecule has 1 aliphatic rings. The average molecular weight is 287 g/mol. The third kappa shape index (κ3) is 3.75. The zero-order valence-corrected chi connectivity index (χ0v) is 11.7. The topological polar surface area (TPSA) is 49.8 Å². The van der Waals surface area contributed by atoms with E-state index in [1.807, 2.05) is 19.1 Å². The Labute approximate surface area is 117 Å². The molecule has 6 heteroatoms. The number of anilines is 1. The molecule has 0 spiro atoms. The summed E-state index contributed by atoms with van der Waals surface area (Å²) in [6.45, 7) is 2.74. The summed E-state index contributed by atoms with van der Waals surface area (Å²) in [5, 5.41) is 15.5. The van der Waals surface area contributed by atoms with E-state index < -0.39 is 0 Å². The summed E-state index contributed by atoms with van der Waals surface area (Å²) in [5.74, 6) is 0.759. The van der Waals surface area contributed by atoms with Crippen LogP contribution in [0.15, 0.2) is 17.3 Å². The van der Waals surface area contributed by atoms with Crippen LogP contribution in [0.1, 0.15) is 24.8 Å². The first-order chi connectivity index (χ1) is 8.65. The summed E-state index contributed by atoms with van der Waals surface area (Å²) in [4.78, 5) is 0. The lowest BCUT2D eigenvalue weighted by Crippen LogP contribution is -2.31. The monoisotopic (exact) mass is 286 g/mol. The van der Waals surface area contributed by atoms with Crippen molar-refractivity contribution in [3.8, 4) is 0 Å². The van der Waals surface area contributed by atoms with E-state index in [0.717, 1.165) is 42.3 Å². The summed E-state index contributed by atoms with van der Waals surface area (Å²) in [6, 6.07) is 2.33. The van der Waals surface area contributed by atoms with E-state index in [4.69, 9.17) is 23.2 Å². The molecular weight excluding hydrogens is 271 g/mol. The second kappa shape index (κ2) is 6.25. The molecule has 0 amide bonds. The fraction of sp³-hybridized carbons (Fsp3) is 0.500. The third-order valence-electron chi connectivity index (χ3n) is 2.90. The minimum atomic E-state index is 0.427. The Bertz CT molecular complexity index is 448. The van der Waals surface area contributed by atoms with Crippen molar-refractivity contribution < 1.29 is 0 Å². The molecule has 1 aromatic heterocycles.